The van der Waals surface area contributed by atoms with Crippen LogP contribution in [0.3, 0.4) is 0 Å². The Bertz CT molecular complexity index is 1040. The summed E-state index contributed by atoms with van der Waals surface area (Å²) in [5.74, 6) is 1.07. The summed E-state index contributed by atoms with van der Waals surface area (Å²) in [5, 5.41) is 6.84. The lowest BCUT2D eigenvalue weighted by Gasteiger charge is -2.30. The quantitative estimate of drug-likeness (QED) is 0.488. The molecule has 0 saturated carbocycles. The van der Waals surface area contributed by atoms with Crippen molar-refractivity contribution in [1.82, 2.24) is 14.9 Å². The van der Waals surface area contributed by atoms with Crippen LogP contribution in [0.15, 0.2) is 50.9 Å². The number of amides is 1. The van der Waals surface area contributed by atoms with E-state index in [0.29, 0.717) is 18.8 Å². The smallest absolute Gasteiger partial charge is 0.273 e. The number of piperidine rings is 1. The SMILES string of the molecule is O=C(c1csc(-c2ccsc2)n1)N1CCC(c2nc3ccccc3o2)CC1. The van der Waals surface area contributed by atoms with Gasteiger partial charge in [0, 0.05) is 35.3 Å². The highest BCUT2D eigenvalue weighted by Gasteiger charge is 2.28. The topological polar surface area (TPSA) is 59.2 Å². The predicted octanol–water partition coefficient (Wildman–Crippen LogP) is 5.03. The molecule has 0 unspecified atom stereocenters. The molecule has 5 rings (SSSR count). The number of likely N-dealkylation sites (tertiary alicyclic amines) is 1. The maximum atomic E-state index is 12.8. The first-order valence-corrected chi connectivity index (χ1v) is 10.7. The molecule has 4 heterocycles. The van der Waals surface area contributed by atoms with Gasteiger partial charge in [0.15, 0.2) is 11.5 Å². The lowest BCUT2D eigenvalue weighted by Crippen LogP contribution is -2.38. The Balaban J connectivity index is 1.26. The summed E-state index contributed by atoms with van der Waals surface area (Å²) in [6.07, 6.45) is 1.72. The standard InChI is InChI=1S/C20H17N3O2S2/c24-20(16-12-27-19(22-16)14-7-10-26-11-14)23-8-5-13(6-9-23)18-21-15-3-1-2-4-17(15)25-18/h1-4,7,10-13H,5-6,8-9H2. The van der Waals surface area contributed by atoms with Gasteiger partial charge in [0.2, 0.25) is 0 Å². The molecule has 0 radical (unpaired) electrons. The number of aromatic nitrogens is 2. The van der Waals surface area contributed by atoms with Crippen molar-refractivity contribution in [1.29, 1.82) is 0 Å². The van der Waals surface area contributed by atoms with Crippen molar-refractivity contribution >= 4 is 39.7 Å². The van der Waals surface area contributed by atoms with Crippen molar-refractivity contribution in [2.45, 2.75) is 18.8 Å². The van der Waals surface area contributed by atoms with Crippen LogP contribution in [0.25, 0.3) is 21.7 Å². The number of para-hydroxylation sites is 2. The van der Waals surface area contributed by atoms with E-state index in [1.54, 1.807) is 11.3 Å². The van der Waals surface area contributed by atoms with Gasteiger partial charge in [-0.2, -0.15) is 11.3 Å². The maximum Gasteiger partial charge on any atom is 0.273 e. The first-order valence-electron chi connectivity index (χ1n) is 8.91. The number of fused-ring (bicyclic) bond motifs is 1. The number of benzene rings is 1. The molecule has 1 fully saturated rings. The molecule has 0 bridgehead atoms. The molecule has 27 heavy (non-hydrogen) atoms. The molecule has 0 spiro atoms. The van der Waals surface area contributed by atoms with E-state index in [1.165, 1.54) is 11.3 Å². The summed E-state index contributed by atoms with van der Waals surface area (Å²) in [7, 11) is 0. The van der Waals surface area contributed by atoms with E-state index in [4.69, 9.17) is 4.42 Å². The molecular weight excluding hydrogens is 378 g/mol. The van der Waals surface area contributed by atoms with Gasteiger partial charge in [0.25, 0.3) is 5.91 Å². The van der Waals surface area contributed by atoms with Gasteiger partial charge in [-0.3, -0.25) is 4.79 Å². The fourth-order valence-electron chi connectivity index (χ4n) is 3.45. The summed E-state index contributed by atoms with van der Waals surface area (Å²) < 4.78 is 5.91. The Labute approximate surface area is 164 Å². The summed E-state index contributed by atoms with van der Waals surface area (Å²) >= 11 is 3.16. The summed E-state index contributed by atoms with van der Waals surface area (Å²) in [5.41, 5.74) is 3.35. The molecule has 4 aromatic rings. The average molecular weight is 396 g/mol. The van der Waals surface area contributed by atoms with Crippen LogP contribution in [-0.4, -0.2) is 33.9 Å². The van der Waals surface area contributed by atoms with Crippen molar-refractivity contribution in [3.05, 3.63) is 58.1 Å². The van der Waals surface area contributed by atoms with Crippen LogP contribution in [0.5, 0.6) is 0 Å². The Morgan fingerprint density at radius 2 is 1.96 bits per heavy atom. The van der Waals surface area contributed by atoms with Crippen molar-refractivity contribution < 1.29 is 9.21 Å². The highest BCUT2D eigenvalue weighted by Crippen LogP contribution is 2.31. The molecule has 7 heteroatoms. The number of carbonyl (C=O) groups excluding carboxylic acids is 1. The van der Waals surface area contributed by atoms with Crippen molar-refractivity contribution in [2.24, 2.45) is 0 Å². The third kappa shape index (κ3) is 3.17. The molecule has 3 aromatic heterocycles. The molecule has 0 atom stereocenters. The van der Waals surface area contributed by atoms with Crippen LogP contribution in [0.1, 0.15) is 35.1 Å². The van der Waals surface area contributed by atoms with Gasteiger partial charge in [0.1, 0.15) is 16.2 Å². The van der Waals surface area contributed by atoms with Crippen molar-refractivity contribution in [3.8, 4) is 10.6 Å². The number of rotatable bonds is 3. The Morgan fingerprint density at radius 1 is 1.11 bits per heavy atom. The minimum absolute atomic E-state index is 0.0174. The lowest BCUT2D eigenvalue weighted by molar-refractivity contribution is 0.0701. The van der Waals surface area contributed by atoms with Gasteiger partial charge >= 0.3 is 0 Å². The first kappa shape index (κ1) is 16.6. The van der Waals surface area contributed by atoms with E-state index in [-0.39, 0.29) is 11.8 Å². The predicted molar refractivity (Wildman–Crippen MR) is 107 cm³/mol. The zero-order chi connectivity index (χ0) is 18.2. The molecule has 1 aliphatic heterocycles. The van der Waals surface area contributed by atoms with E-state index < -0.39 is 0 Å². The van der Waals surface area contributed by atoms with Crippen LogP contribution >= 0.6 is 22.7 Å². The molecular formula is C20H17N3O2S2. The zero-order valence-corrected chi connectivity index (χ0v) is 16.1. The van der Waals surface area contributed by atoms with Crippen LogP contribution in [0.4, 0.5) is 0 Å². The van der Waals surface area contributed by atoms with E-state index >= 15 is 0 Å². The fraction of sp³-hybridized carbons (Fsp3) is 0.250. The maximum absolute atomic E-state index is 12.8. The van der Waals surface area contributed by atoms with Crippen LogP contribution in [-0.2, 0) is 0 Å². The minimum atomic E-state index is 0.0174. The number of carbonyl (C=O) groups is 1. The number of oxazole rings is 1. The first-order chi connectivity index (χ1) is 13.3. The number of hydrogen-bond acceptors (Lipinski definition) is 6. The lowest BCUT2D eigenvalue weighted by atomic mass is 9.96. The largest absolute Gasteiger partial charge is 0.440 e. The highest BCUT2D eigenvalue weighted by atomic mass is 32.1. The van der Waals surface area contributed by atoms with Crippen LogP contribution in [0.2, 0.25) is 0 Å². The molecule has 1 amide bonds. The molecule has 1 aromatic carbocycles. The molecule has 0 N–H and O–H groups in total. The Kier molecular flexibility index (Phi) is 4.26. The molecule has 1 saturated heterocycles. The second-order valence-corrected chi connectivity index (χ2v) is 8.27. The van der Waals surface area contributed by atoms with Gasteiger partial charge in [-0.05, 0) is 36.4 Å². The van der Waals surface area contributed by atoms with Crippen LogP contribution < -0.4 is 0 Å². The number of nitrogens with zero attached hydrogens (tertiary/aromatic N) is 3. The molecule has 1 aliphatic rings. The normalized spacial score (nSPS) is 15.5. The number of thiophene rings is 1. The summed E-state index contributed by atoms with van der Waals surface area (Å²) in [6, 6.07) is 9.86. The van der Waals surface area contributed by atoms with Crippen molar-refractivity contribution in [3.63, 3.8) is 0 Å². The zero-order valence-electron chi connectivity index (χ0n) is 14.5. The number of thiazole rings is 1. The van der Waals surface area contributed by atoms with Gasteiger partial charge in [-0.25, -0.2) is 9.97 Å². The fourth-order valence-corrected chi connectivity index (χ4v) is 4.95. The second kappa shape index (κ2) is 6.90. The third-order valence-electron chi connectivity index (χ3n) is 4.93. The van der Waals surface area contributed by atoms with E-state index in [0.717, 1.165) is 40.4 Å². The number of hydrogen-bond donors (Lipinski definition) is 0. The Morgan fingerprint density at radius 3 is 2.74 bits per heavy atom. The van der Waals surface area contributed by atoms with Gasteiger partial charge in [-0.15, -0.1) is 11.3 Å². The minimum Gasteiger partial charge on any atom is -0.440 e. The third-order valence-corrected chi connectivity index (χ3v) is 6.51. The van der Waals surface area contributed by atoms with E-state index in [1.807, 2.05) is 46.0 Å². The van der Waals surface area contributed by atoms with Gasteiger partial charge < -0.3 is 9.32 Å². The average Bonchev–Trinajstić information content (AvgIpc) is 3.47. The van der Waals surface area contributed by atoms with Crippen molar-refractivity contribution in [2.75, 3.05) is 13.1 Å². The molecule has 5 nitrogen and oxygen atoms in total. The highest BCUT2D eigenvalue weighted by molar-refractivity contribution is 7.14. The van der Waals surface area contributed by atoms with E-state index in [2.05, 4.69) is 15.3 Å². The Hall–Kier alpha value is -2.51. The van der Waals surface area contributed by atoms with E-state index in [9.17, 15) is 4.79 Å². The van der Waals surface area contributed by atoms with Crippen LogP contribution in [0, 0.1) is 0 Å². The summed E-state index contributed by atoms with van der Waals surface area (Å²) in [6.45, 7) is 1.40. The van der Waals surface area contributed by atoms with Gasteiger partial charge in [-0.1, -0.05) is 12.1 Å². The molecule has 0 aliphatic carbocycles. The van der Waals surface area contributed by atoms with Gasteiger partial charge in [0.05, 0.1) is 0 Å². The molecule has 136 valence electrons. The summed E-state index contributed by atoms with van der Waals surface area (Å²) in [4.78, 5) is 23.8. The second-order valence-electron chi connectivity index (χ2n) is 6.64. The monoisotopic (exact) mass is 395 g/mol.